The van der Waals surface area contributed by atoms with Crippen LogP contribution in [0.15, 0.2) is 30.3 Å². The molecule has 2 aromatic carbocycles. The van der Waals surface area contributed by atoms with Crippen LogP contribution >= 0.6 is 0 Å². The highest BCUT2D eigenvalue weighted by Gasteiger charge is 2.38. The third-order valence-electron chi connectivity index (χ3n) is 6.61. The van der Waals surface area contributed by atoms with Crippen LogP contribution in [0.3, 0.4) is 0 Å². The Bertz CT molecular complexity index is 1220. The predicted molar refractivity (Wildman–Crippen MR) is 134 cm³/mol. The minimum absolute atomic E-state index is 0.0836. The molecule has 0 saturated heterocycles. The van der Waals surface area contributed by atoms with E-state index in [9.17, 15) is 32.9 Å². The number of alkyl halides is 3. The van der Waals surface area contributed by atoms with E-state index >= 15 is 0 Å². The predicted octanol–water partition coefficient (Wildman–Crippen LogP) is 6.34. The topological polar surface area (TPSA) is 125 Å². The number of anilines is 2. The van der Waals surface area contributed by atoms with Gasteiger partial charge in [0.1, 0.15) is 22.7 Å². The molecular formula is C26H30F3N3O6. The van der Waals surface area contributed by atoms with Gasteiger partial charge in [-0.15, -0.1) is 0 Å². The third kappa shape index (κ3) is 6.17. The Hall–Kier alpha value is -3.83. The lowest BCUT2D eigenvalue weighted by Gasteiger charge is -2.34. The Morgan fingerprint density at radius 2 is 1.76 bits per heavy atom. The summed E-state index contributed by atoms with van der Waals surface area (Å²) in [5, 5.41) is 11.1. The van der Waals surface area contributed by atoms with Gasteiger partial charge in [0.25, 0.3) is 5.69 Å². The van der Waals surface area contributed by atoms with Crippen LogP contribution in [0.25, 0.3) is 0 Å². The molecule has 1 aliphatic rings. The van der Waals surface area contributed by atoms with E-state index in [1.54, 1.807) is 13.8 Å². The maximum Gasteiger partial charge on any atom is 0.420 e. The highest BCUT2D eigenvalue weighted by Crippen LogP contribution is 2.43. The second kappa shape index (κ2) is 11.3. The summed E-state index contributed by atoms with van der Waals surface area (Å²) in [6, 6.07) is 4.57. The quantitative estimate of drug-likeness (QED) is 0.189. The number of nitrogens with zero attached hydrogens (tertiary/aromatic N) is 2. The van der Waals surface area contributed by atoms with Crippen molar-refractivity contribution in [3.8, 4) is 11.5 Å². The van der Waals surface area contributed by atoms with E-state index in [0.717, 1.165) is 32.8 Å². The maximum atomic E-state index is 13.7. The molecule has 38 heavy (non-hydrogen) atoms. The standard InChI is InChI=1S/C26H30F3N3O6/c1-14(2)31(24(33)16-7-5-15(3)6-8-16)21-10-9-17(11-18(21)25(34)37-4)38-23-13-20(30)22(32(35)36)12-19(23)26(27,28)29/h9-16H,5-8,30H2,1-4H3/t15-,16-. The number of amides is 1. The van der Waals surface area contributed by atoms with Gasteiger partial charge in [-0.25, -0.2) is 4.79 Å². The average molecular weight is 538 g/mol. The van der Waals surface area contributed by atoms with Gasteiger partial charge < -0.3 is 20.1 Å². The third-order valence-corrected chi connectivity index (χ3v) is 6.61. The van der Waals surface area contributed by atoms with E-state index in [2.05, 4.69) is 6.92 Å². The van der Waals surface area contributed by atoms with Crippen molar-refractivity contribution in [3.05, 3.63) is 51.6 Å². The van der Waals surface area contributed by atoms with Crippen molar-refractivity contribution in [3.63, 3.8) is 0 Å². The number of rotatable bonds is 7. The molecule has 12 heteroatoms. The number of halogens is 3. The minimum Gasteiger partial charge on any atom is -0.465 e. The Morgan fingerprint density at radius 1 is 1.13 bits per heavy atom. The van der Waals surface area contributed by atoms with Gasteiger partial charge >= 0.3 is 12.1 Å². The number of ether oxygens (including phenoxy) is 2. The summed E-state index contributed by atoms with van der Waals surface area (Å²) in [7, 11) is 1.14. The van der Waals surface area contributed by atoms with Crippen molar-refractivity contribution in [2.75, 3.05) is 17.7 Å². The zero-order valence-electron chi connectivity index (χ0n) is 21.5. The molecule has 0 bridgehead atoms. The van der Waals surface area contributed by atoms with Gasteiger partial charge in [0, 0.05) is 24.1 Å². The molecular weight excluding hydrogens is 507 g/mol. The molecule has 0 unspecified atom stereocenters. The molecule has 0 atom stereocenters. The SMILES string of the molecule is COC(=O)c1cc(Oc2cc(N)c([N+](=O)[O-])cc2C(F)(F)F)ccc1N(C(=O)[C@H]1CC[C@H](C)CC1)C(C)C. The average Bonchev–Trinajstić information content (AvgIpc) is 2.83. The Balaban J connectivity index is 2.05. The Kier molecular flexibility index (Phi) is 8.53. The molecule has 0 spiro atoms. The van der Waals surface area contributed by atoms with Crippen LogP contribution in [0.5, 0.6) is 11.5 Å². The number of benzene rings is 2. The lowest BCUT2D eigenvalue weighted by Crippen LogP contribution is -2.43. The van der Waals surface area contributed by atoms with E-state index in [4.69, 9.17) is 15.2 Å². The van der Waals surface area contributed by atoms with Crippen LogP contribution in [0, 0.1) is 22.0 Å². The van der Waals surface area contributed by atoms with Crippen LogP contribution in [-0.4, -0.2) is 30.0 Å². The number of esters is 1. The highest BCUT2D eigenvalue weighted by atomic mass is 19.4. The number of nitro groups is 1. The smallest absolute Gasteiger partial charge is 0.420 e. The molecule has 9 nitrogen and oxygen atoms in total. The number of hydrogen-bond donors (Lipinski definition) is 1. The molecule has 1 aliphatic carbocycles. The van der Waals surface area contributed by atoms with Crippen molar-refractivity contribution in [2.45, 2.75) is 58.7 Å². The summed E-state index contributed by atoms with van der Waals surface area (Å²) in [6.45, 7) is 5.73. The normalized spacial score (nSPS) is 17.7. The molecule has 3 rings (SSSR count). The van der Waals surface area contributed by atoms with Crippen LogP contribution in [0.1, 0.15) is 62.4 Å². The van der Waals surface area contributed by atoms with Crippen molar-refractivity contribution < 1.29 is 37.2 Å². The zero-order chi connectivity index (χ0) is 28.4. The number of carbonyl (C=O) groups excluding carboxylic acids is 2. The first-order chi connectivity index (χ1) is 17.7. The van der Waals surface area contributed by atoms with Gasteiger partial charge in [0.05, 0.1) is 23.3 Å². The number of carbonyl (C=O) groups is 2. The number of methoxy groups -OCH3 is 1. The summed E-state index contributed by atoms with van der Waals surface area (Å²) < 4.78 is 51.3. The molecule has 2 aromatic rings. The molecule has 206 valence electrons. The Labute approximate surface area is 217 Å². The van der Waals surface area contributed by atoms with Crippen LogP contribution in [-0.2, 0) is 15.7 Å². The largest absolute Gasteiger partial charge is 0.465 e. The first-order valence-corrected chi connectivity index (χ1v) is 12.1. The molecule has 0 aromatic heterocycles. The molecule has 0 radical (unpaired) electrons. The monoisotopic (exact) mass is 537 g/mol. The van der Waals surface area contributed by atoms with Crippen LogP contribution < -0.4 is 15.4 Å². The van der Waals surface area contributed by atoms with Gasteiger partial charge in [-0.05, 0) is 63.6 Å². The summed E-state index contributed by atoms with van der Waals surface area (Å²) in [6.07, 6.45) is -1.71. The molecule has 0 heterocycles. The first-order valence-electron chi connectivity index (χ1n) is 12.1. The summed E-state index contributed by atoms with van der Waals surface area (Å²) in [5.41, 5.74) is 2.89. The summed E-state index contributed by atoms with van der Waals surface area (Å²) >= 11 is 0. The van der Waals surface area contributed by atoms with Crippen molar-refractivity contribution in [1.82, 2.24) is 0 Å². The number of nitrogens with two attached hydrogens (primary N) is 1. The molecule has 0 aliphatic heterocycles. The van der Waals surface area contributed by atoms with Gasteiger partial charge in [-0.1, -0.05) is 6.92 Å². The van der Waals surface area contributed by atoms with Crippen molar-refractivity contribution in [1.29, 1.82) is 0 Å². The van der Waals surface area contributed by atoms with Crippen LogP contribution in [0.4, 0.5) is 30.2 Å². The van der Waals surface area contributed by atoms with E-state index in [-0.39, 0.29) is 34.9 Å². The lowest BCUT2D eigenvalue weighted by atomic mass is 9.82. The van der Waals surface area contributed by atoms with Gasteiger partial charge in [-0.2, -0.15) is 13.2 Å². The molecule has 1 fully saturated rings. The summed E-state index contributed by atoms with van der Waals surface area (Å²) in [4.78, 5) is 37.8. The lowest BCUT2D eigenvalue weighted by molar-refractivity contribution is -0.384. The maximum absolute atomic E-state index is 13.7. The van der Waals surface area contributed by atoms with E-state index < -0.39 is 39.8 Å². The van der Waals surface area contributed by atoms with Gasteiger partial charge in [0.2, 0.25) is 5.91 Å². The first kappa shape index (κ1) is 28.7. The zero-order valence-corrected chi connectivity index (χ0v) is 21.5. The van der Waals surface area contributed by atoms with Crippen molar-refractivity contribution >= 4 is 28.9 Å². The highest BCUT2D eigenvalue weighted by molar-refractivity contribution is 6.04. The molecule has 2 N–H and O–H groups in total. The van der Waals surface area contributed by atoms with Crippen LogP contribution in [0.2, 0.25) is 0 Å². The van der Waals surface area contributed by atoms with Gasteiger partial charge in [0.15, 0.2) is 0 Å². The molecule has 1 saturated carbocycles. The number of hydrogen-bond acceptors (Lipinski definition) is 7. The second-order valence-electron chi connectivity index (χ2n) is 9.69. The fourth-order valence-corrected chi connectivity index (χ4v) is 4.59. The summed E-state index contributed by atoms with van der Waals surface area (Å²) in [5.74, 6) is -1.61. The van der Waals surface area contributed by atoms with Gasteiger partial charge in [-0.3, -0.25) is 14.9 Å². The fraction of sp³-hybridized carbons (Fsp3) is 0.462. The second-order valence-corrected chi connectivity index (χ2v) is 9.69. The van der Waals surface area contributed by atoms with E-state index in [0.29, 0.717) is 18.1 Å². The van der Waals surface area contributed by atoms with E-state index in [1.807, 2.05) is 0 Å². The van der Waals surface area contributed by atoms with Crippen molar-refractivity contribution in [2.24, 2.45) is 11.8 Å². The fourth-order valence-electron chi connectivity index (χ4n) is 4.59. The number of nitro benzene ring substituents is 1. The van der Waals surface area contributed by atoms with E-state index in [1.165, 1.54) is 23.1 Å². The molecule has 1 amide bonds. The Morgan fingerprint density at radius 3 is 2.29 bits per heavy atom. The minimum atomic E-state index is -4.99. The number of nitrogen functional groups attached to an aromatic ring is 1.